The summed E-state index contributed by atoms with van der Waals surface area (Å²) in [6.45, 7) is 1.53. The quantitative estimate of drug-likeness (QED) is 0.663. The zero-order valence-corrected chi connectivity index (χ0v) is 15.7. The van der Waals surface area contributed by atoms with Crippen molar-refractivity contribution in [1.82, 2.24) is 4.57 Å². The summed E-state index contributed by atoms with van der Waals surface area (Å²) in [6.07, 6.45) is 1.27. The number of fused-ring (bicyclic) bond motifs is 1. The minimum atomic E-state index is -0.803. The van der Waals surface area contributed by atoms with E-state index < -0.39 is 29.2 Å². The number of nitrogens with one attached hydrogen (secondary N) is 1. The van der Waals surface area contributed by atoms with Gasteiger partial charge in [0, 0.05) is 27.7 Å². The van der Waals surface area contributed by atoms with Crippen LogP contribution in [-0.4, -0.2) is 16.4 Å². The van der Waals surface area contributed by atoms with E-state index in [9.17, 15) is 18.8 Å². The maximum Gasteiger partial charge on any atom is 0.259 e. The Bertz CT molecular complexity index is 1140. The number of aromatic nitrogens is 1. The van der Waals surface area contributed by atoms with Crippen molar-refractivity contribution in [2.45, 2.75) is 26.8 Å². The minimum Gasteiger partial charge on any atom is -0.368 e. The summed E-state index contributed by atoms with van der Waals surface area (Å²) in [7, 11) is 0. The van der Waals surface area contributed by atoms with Crippen molar-refractivity contribution in [1.29, 1.82) is 0 Å². The maximum absolute atomic E-state index is 13.9. The molecule has 3 N–H and O–H groups in total. The summed E-state index contributed by atoms with van der Waals surface area (Å²) < 4.78 is 15.1. The first kappa shape index (κ1) is 22.1. The van der Waals surface area contributed by atoms with Gasteiger partial charge in [-0.25, -0.2) is 4.39 Å². The van der Waals surface area contributed by atoms with Gasteiger partial charge in [-0.1, -0.05) is 31.2 Å². The summed E-state index contributed by atoms with van der Waals surface area (Å²) in [5.41, 5.74) is 5.50. The molecular weight excluding hydrogens is 397 g/mol. The molecule has 1 aromatic heterocycles. The third-order valence-corrected chi connectivity index (χ3v) is 4.68. The topological polar surface area (TPSA) is 94.2 Å². The molecule has 0 spiro atoms. The van der Waals surface area contributed by atoms with Gasteiger partial charge in [0.25, 0.3) is 5.56 Å². The Kier molecular flexibility index (Phi) is 6.76. The smallest absolute Gasteiger partial charge is 0.259 e. The van der Waals surface area contributed by atoms with E-state index in [1.54, 1.807) is 24.3 Å². The second-order valence-corrected chi connectivity index (χ2v) is 6.77. The third kappa shape index (κ3) is 4.63. The van der Waals surface area contributed by atoms with Gasteiger partial charge < -0.3 is 15.6 Å². The van der Waals surface area contributed by atoms with E-state index in [4.69, 9.17) is 17.3 Å². The Morgan fingerprint density at radius 2 is 1.93 bits per heavy atom. The molecule has 0 radical (unpaired) electrons. The van der Waals surface area contributed by atoms with Crippen molar-refractivity contribution in [2.75, 3.05) is 5.32 Å². The lowest BCUT2D eigenvalue weighted by Crippen LogP contribution is -2.31. The van der Waals surface area contributed by atoms with Gasteiger partial charge in [-0.05, 0) is 42.8 Å². The minimum absolute atomic E-state index is 0. The van der Waals surface area contributed by atoms with Crippen LogP contribution in [0.3, 0.4) is 0 Å². The molecule has 0 aliphatic carbocycles. The van der Waals surface area contributed by atoms with Crippen LogP contribution in [0.5, 0.6) is 0 Å². The van der Waals surface area contributed by atoms with E-state index >= 15 is 0 Å². The highest BCUT2D eigenvalue weighted by atomic mass is 35.5. The van der Waals surface area contributed by atoms with Gasteiger partial charge >= 0.3 is 0 Å². The number of rotatable bonds is 5. The van der Waals surface area contributed by atoms with Crippen LogP contribution in [0.25, 0.3) is 10.8 Å². The van der Waals surface area contributed by atoms with Crippen molar-refractivity contribution in [3.8, 4) is 0 Å². The van der Waals surface area contributed by atoms with Crippen LogP contribution < -0.4 is 16.6 Å². The van der Waals surface area contributed by atoms with Gasteiger partial charge in [0.2, 0.25) is 11.8 Å². The zero-order chi connectivity index (χ0) is 20.4. The van der Waals surface area contributed by atoms with Gasteiger partial charge in [-0.3, -0.25) is 14.4 Å². The summed E-state index contributed by atoms with van der Waals surface area (Å²) in [6, 6.07) is 9.76. The van der Waals surface area contributed by atoms with Crippen LogP contribution >= 0.6 is 11.6 Å². The first-order valence-electron chi connectivity index (χ1n) is 8.45. The molecule has 8 heteroatoms. The molecular formula is C21H21ClFN3O3. The second kappa shape index (κ2) is 8.87. The molecule has 0 aliphatic rings. The predicted molar refractivity (Wildman–Crippen MR) is 113 cm³/mol. The fourth-order valence-corrected chi connectivity index (χ4v) is 3.04. The number of hydrogen-bond donors (Lipinski definition) is 2. The van der Waals surface area contributed by atoms with E-state index in [0.29, 0.717) is 16.5 Å². The van der Waals surface area contributed by atoms with Gasteiger partial charge in [-0.15, -0.1) is 0 Å². The first-order valence-corrected chi connectivity index (χ1v) is 8.82. The molecule has 3 aromatic rings. The largest absolute Gasteiger partial charge is 0.368 e. The van der Waals surface area contributed by atoms with Crippen molar-refractivity contribution in [2.24, 2.45) is 5.73 Å². The number of nitrogens with two attached hydrogens (primary N) is 1. The summed E-state index contributed by atoms with van der Waals surface area (Å²) in [4.78, 5) is 36.4. The molecule has 0 saturated heterocycles. The number of carbonyl (C=O) groups excluding carboxylic acids is 2. The molecule has 6 nitrogen and oxygen atoms in total. The number of nitrogens with zero attached hydrogens (tertiary/aromatic N) is 1. The molecule has 1 heterocycles. The number of benzene rings is 2. The van der Waals surface area contributed by atoms with Crippen LogP contribution in [0.4, 0.5) is 10.1 Å². The molecule has 152 valence electrons. The summed E-state index contributed by atoms with van der Waals surface area (Å²) in [5.74, 6) is -1.64. The fraction of sp³-hybridized carbons (Fsp3) is 0.190. The van der Waals surface area contributed by atoms with Crippen molar-refractivity contribution in [3.63, 3.8) is 0 Å². The molecule has 0 saturated carbocycles. The number of hydrogen-bond acceptors (Lipinski definition) is 3. The summed E-state index contributed by atoms with van der Waals surface area (Å²) in [5, 5.41) is 3.77. The Hall–Kier alpha value is -3.19. The van der Waals surface area contributed by atoms with E-state index in [1.807, 2.05) is 0 Å². The standard InChI is InChI=1S/C20H17ClFN3O3.CH4/c1-11(19(23)27)25-8-7-14-15(20(25)28)3-2-4-17(14)24-18(26)9-12-5-6-13(21)10-16(12)22;/h2-8,10-11H,9H2,1H3,(H2,23,27)(H,24,26);1H4/t11-;/m0./s1. The Balaban J connectivity index is 0.00000300. The molecule has 1 atom stereocenters. The van der Waals surface area contributed by atoms with Crippen LogP contribution in [0.15, 0.2) is 53.5 Å². The molecule has 0 unspecified atom stereocenters. The van der Waals surface area contributed by atoms with Gasteiger partial charge in [0.05, 0.1) is 6.42 Å². The second-order valence-electron chi connectivity index (χ2n) is 6.33. The van der Waals surface area contributed by atoms with Crippen LogP contribution in [0.1, 0.15) is 26.0 Å². The van der Waals surface area contributed by atoms with Gasteiger partial charge in [0.15, 0.2) is 0 Å². The molecule has 0 aliphatic heterocycles. The Morgan fingerprint density at radius 3 is 2.59 bits per heavy atom. The molecule has 2 amide bonds. The number of pyridine rings is 1. The van der Waals surface area contributed by atoms with E-state index in [2.05, 4.69) is 5.32 Å². The Morgan fingerprint density at radius 1 is 1.21 bits per heavy atom. The zero-order valence-electron chi connectivity index (χ0n) is 14.9. The highest BCUT2D eigenvalue weighted by Gasteiger charge is 2.16. The van der Waals surface area contributed by atoms with Gasteiger partial charge in [-0.2, -0.15) is 0 Å². The molecule has 0 bridgehead atoms. The number of carbonyl (C=O) groups is 2. The monoisotopic (exact) mass is 417 g/mol. The lowest BCUT2D eigenvalue weighted by molar-refractivity contribution is -0.120. The number of amides is 2. The van der Waals surface area contributed by atoms with Gasteiger partial charge in [0.1, 0.15) is 11.9 Å². The van der Waals surface area contributed by atoms with Crippen molar-refractivity contribution in [3.05, 3.63) is 75.4 Å². The van der Waals surface area contributed by atoms with E-state index in [-0.39, 0.29) is 24.4 Å². The third-order valence-electron chi connectivity index (χ3n) is 4.44. The molecule has 0 fully saturated rings. The van der Waals surface area contributed by atoms with Crippen molar-refractivity contribution < 1.29 is 14.0 Å². The molecule has 3 rings (SSSR count). The SMILES string of the molecule is C.C[C@@H](C(N)=O)n1ccc2c(NC(=O)Cc3ccc(Cl)cc3F)cccc2c1=O. The highest BCUT2D eigenvalue weighted by molar-refractivity contribution is 6.30. The first-order chi connectivity index (χ1) is 13.3. The number of primary amides is 1. The maximum atomic E-state index is 13.9. The van der Waals surface area contributed by atoms with Crippen LogP contribution in [0, 0.1) is 5.82 Å². The lowest BCUT2D eigenvalue weighted by Gasteiger charge is -2.14. The highest BCUT2D eigenvalue weighted by Crippen LogP contribution is 2.22. The number of halogens is 2. The predicted octanol–water partition coefficient (Wildman–Crippen LogP) is 3.66. The molecule has 2 aromatic carbocycles. The average Bonchev–Trinajstić information content (AvgIpc) is 2.64. The normalized spacial score (nSPS) is 11.6. The van der Waals surface area contributed by atoms with Crippen LogP contribution in [0.2, 0.25) is 5.02 Å². The number of anilines is 1. The van der Waals surface area contributed by atoms with E-state index in [0.717, 1.165) is 6.07 Å². The van der Waals surface area contributed by atoms with Crippen LogP contribution in [-0.2, 0) is 16.0 Å². The average molecular weight is 418 g/mol. The lowest BCUT2D eigenvalue weighted by atomic mass is 10.1. The van der Waals surface area contributed by atoms with E-state index in [1.165, 1.54) is 29.8 Å². The Labute approximate surface area is 172 Å². The molecule has 29 heavy (non-hydrogen) atoms. The fourth-order valence-electron chi connectivity index (χ4n) is 2.88. The van der Waals surface area contributed by atoms with Crippen molar-refractivity contribution >= 4 is 39.9 Å². The summed E-state index contributed by atoms with van der Waals surface area (Å²) >= 11 is 5.72.